The molecule has 9 aromatic rings. The SMILES string of the molecule is Cc1cc2c3c(c1)N(c1c(-c4ccccc4)cc(C(C)(C)C)cc1-c1ccccc1)c1ccc(-c4ccccc4)cc1B3c1ccc(N3c4ccccc4C4(C)CCCCC34C)cc1N2c1ccc(C(C)(C)C)cc1. The van der Waals surface area contributed by atoms with Crippen molar-refractivity contribution < 1.29 is 0 Å². The van der Waals surface area contributed by atoms with E-state index in [0.29, 0.717) is 0 Å². The molecule has 3 aliphatic heterocycles. The maximum atomic E-state index is 2.75. The molecular weight excluding hydrogens is 906 g/mol. The van der Waals surface area contributed by atoms with Crippen LogP contribution < -0.4 is 31.1 Å². The Morgan fingerprint density at radius 1 is 0.427 bits per heavy atom. The number of fused-ring (bicyclic) bond motifs is 7. The lowest BCUT2D eigenvalue weighted by Gasteiger charge is -2.50. The highest BCUT2D eigenvalue weighted by Gasteiger charge is 2.58. The summed E-state index contributed by atoms with van der Waals surface area (Å²) in [6.07, 6.45) is 4.84. The third kappa shape index (κ3) is 7.37. The monoisotopic (exact) mass is 974 g/mol. The van der Waals surface area contributed by atoms with Gasteiger partial charge in [0, 0.05) is 56.4 Å². The quantitative estimate of drug-likeness (QED) is 0.154. The molecule has 3 heterocycles. The molecular formula is C71H68BN3. The second-order valence-electron chi connectivity index (χ2n) is 24.6. The van der Waals surface area contributed by atoms with Crippen molar-refractivity contribution in [3.8, 4) is 33.4 Å². The molecule has 1 aliphatic carbocycles. The fraction of sp³-hybridized carbons (Fsp3) is 0.239. The number of para-hydroxylation sites is 1. The molecule has 13 rings (SSSR count). The third-order valence-corrected chi connectivity index (χ3v) is 17.9. The van der Waals surface area contributed by atoms with E-state index < -0.39 is 0 Å². The van der Waals surface area contributed by atoms with E-state index in [1.54, 1.807) is 0 Å². The van der Waals surface area contributed by atoms with E-state index in [-0.39, 0.29) is 28.5 Å². The highest BCUT2D eigenvalue weighted by molar-refractivity contribution is 7.00. The lowest BCUT2D eigenvalue weighted by Crippen LogP contribution is -2.61. The number of benzene rings is 9. The molecule has 0 N–H and O–H groups in total. The predicted molar refractivity (Wildman–Crippen MR) is 322 cm³/mol. The van der Waals surface area contributed by atoms with E-state index in [1.807, 2.05) is 0 Å². The zero-order chi connectivity index (χ0) is 51.6. The van der Waals surface area contributed by atoms with Gasteiger partial charge in [-0.2, -0.15) is 0 Å². The van der Waals surface area contributed by atoms with E-state index in [0.717, 1.165) is 6.42 Å². The molecule has 1 saturated carbocycles. The summed E-state index contributed by atoms with van der Waals surface area (Å²) in [5.74, 6) is 0. The van der Waals surface area contributed by atoms with Crippen molar-refractivity contribution in [1.82, 2.24) is 0 Å². The van der Waals surface area contributed by atoms with Crippen LogP contribution in [0.3, 0.4) is 0 Å². The first-order valence-electron chi connectivity index (χ1n) is 27.5. The number of hydrogen-bond donors (Lipinski definition) is 0. The minimum absolute atomic E-state index is 0.0144. The van der Waals surface area contributed by atoms with Gasteiger partial charge in [-0.25, -0.2) is 0 Å². The Morgan fingerprint density at radius 3 is 1.61 bits per heavy atom. The number of hydrogen-bond acceptors (Lipinski definition) is 3. The Balaban J connectivity index is 1.13. The summed E-state index contributed by atoms with van der Waals surface area (Å²) in [6.45, 7) is 21.3. The largest absolute Gasteiger partial charge is 0.334 e. The second-order valence-corrected chi connectivity index (χ2v) is 24.6. The topological polar surface area (TPSA) is 9.72 Å². The average Bonchev–Trinajstić information content (AvgIpc) is 3.63. The molecule has 9 aromatic carbocycles. The molecule has 75 heavy (non-hydrogen) atoms. The molecule has 0 amide bonds. The molecule has 0 spiro atoms. The van der Waals surface area contributed by atoms with Crippen LogP contribution in [0.2, 0.25) is 0 Å². The number of rotatable bonds is 6. The molecule has 370 valence electrons. The van der Waals surface area contributed by atoms with Gasteiger partial charge in [-0.15, -0.1) is 0 Å². The van der Waals surface area contributed by atoms with Crippen molar-refractivity contribution in [2.75, 3.05) is 14.7 Å². The summed E-state index contributed by atoms with van der Waals surface area (Å²) in [4.78, 5) is 8.04. The van der Waals surface area contributed by atoms with Gasteiger partial charge in [-0.05, 0) is 159 Å². The molecule has 0 saturated heterocycles. The number of aryl methyl sites for hydroxylation is 1. The number of nitrogens with zero attached hydrogens (tertiary/aromatic N) is 3. The normalized spacial score (nSPS) is 18.5. The highest BCUT2D eigenvalue weighted by Crippen LogP contribution is 2.61. The van der Waals surface area contributed by atoms with E-state index in [1.165, 1.54) is 137 Å². The highest BCUT2D eigenvalue weighted by atomic mass is 15.3. The van der Waals surface area contributed by atoms with Gasteiger partial charge in [0.2, 0.25) is 0 Å². The van der Waals surface area contributed by atoms with Crippen molar-refractivity contribution in [2.24, 2.45) is 0 Å². The van der Waals surface area contributed by atoms with Gasteiger partial charge >= 0.3 is 0 Å². The van der Waals surface area contributed by atoms with Crippen LogP contribution in [-0.2, 0) is 16.2 Å². The fourth-order valence-electron chi connectivity index (χ4n) is 13.8. The van der Waals surface area contributed by atoms with E-state index >= 15 is 0 Å². The van der Waals surface area contributed by atoms with E-state index in [2.05, 4.69) is 277 Å². The van der Waals surface area contributed by atoms with Crippen molar-refractivity contribution >= 4 is 68.6 Å². The lowest BCUT2D eigenvalue weighted by molar-refractivity contribution is 0.195. The molecule has 2 atom stereocenters. The summed E-state index contributed by atoms with van der Waals surface area (Å²) < 4.78 is 0. The number of anilines is 8. The maximum Gasteiger partial charge on any atom is 0.252 e. The first-order chi connectivity index (χ1) is 36.1. The van der Waals surface area contributed by atoms with Gasteiger partial charge in [-0.1, -0.05) is 201 Å². The molecule has 4 heteroatoms. The first-order valence-corrected chi connectivity index (χ1v) is 27.5. The van der Waals surface area contributed by atoms with Crippen molar-refractivity contribution in [2.45, 2.75) is 110 Å². The Morgan fingerprint density at radius 2 is 0.987 bits per heavy atom. The van der Waals surface area contributed by atoms with Crippen molar-refractivity contribution in [1.29, 1.82) is 0 Å². The van der Waals surface area contributed by atoms with Crippen LogP contribution in [0.25, 0.3) is 33.4 Å². The van der Waals surface area contributed by atoms with Crippen LogP contribution in [0.1, 0.15) is 103 Å². The minimum Gasteiger partial charge on any atom is -0.334 e. The van der Waals surface area contributed by atoms with E-state index in [4.69, 9.17) is 0 Å². The van der Waals surface area contributed by atoms with Gasteiger partial charge in [0.05, 0.1) is 11.2 Å². The predicted octanol–water partition coefficient (Wildman–Crippen LogP) is 17.4. The Kier molecular flexibility index (Phi) is 10.9. The van der Waals surface area contributed by atoms with Crippen molar-refractivity contribution in [3.05, 3.63) is 222 Å². The van der Waals surface area contributed by atoms with Gasteiger partial charge in [0.15, 0.2) is 0 Å². The molecule has 0 aromatic heterocycles. The standard InChI is InChI=1S/C71H68BN3/c1-47-41-64-66-65(42-47)74(67-56(49-25-15-11-16-26-49)44-53(69(5,6)7)45-57(67)50-27-17-12-18-28-50)62-38-31-51(48-23-13-10-14-24-48)43-60(62)72(66)59-37-36-55(46-63(59)73(64)54-34-32-52(33-35-54)68(2,3)4)75-61-30-20-19-29-58(61)70(8)39-21-22-40-71(70,75)9/h10-20,23-38,41-46H,21-22,39-40H2,1-9H3. The molecule has 0 bridgehead atoms. The molecule has 4 aliphatic rings. The lowest BCUT2D eigenvalue weighted by atomic mass is 9.33. The Bertz CT molecular complexity index is 3620. The molecule has 0 radical (unpaired) electrons. The molecule has 2 unspecified atom stereocenters. The zero-order valence-electron chi connectivity index (χ0n) is 45.3. The summed E-state index contributed by atoms with van der Waals surface area (Å²) in [7, 11) is 0. The van der Waals surface area contributed by atoms with Crippen LogP contribution in [0, 0.1) is 6.92 Å². The minimum atomic E-state index is -0.0979. The maximum absolute atomic E-state index is 2.75. The molecule has 1 fully saturated rings. The van der Waals surface area contributed by atoms with Gasteiger partial charge in [0.25, 0.3) is 6.71 Å². The molecule has 3 nitrogen and oxygen atoms in total. The summed E-state index contributed by atoms with van der Waals surface area (Å²) >= 11 is 0. The summed E-state index contributed by atoms with van der Waals surface area (Å²) in [5, 5.41) is 0. The zero-order valence-corrected chi connectivity index (χ0v) is 45.3. The summed E-state index contributed by atoms with van der Waals surface area (Å²) in [5.41, 5.74) is 26.3. The van der Waals surface area contributed by atoms with Gasteiger partial charge in [0.1, 0.15) is 0 Å². The summed E-state index contributed by atoms with van der Waals surface area (Å²) in [6, 6.07) is 76.8. The Hall–Kier alpha value is -7.56. The van der Waals surface area contributed by atoms with Crippen LogP contribution in [-0.4, -0.2) is 12.3 Å². The van der Waals surface area contributed by atoms with Crippen LogP contribution in [0.4, 0.5) is 45.5 Å². The second kappa shape index (κ2) is 17.2. The first kappa shape index (κ1) is 47.2. The van der Waals surface area contributed by atoms with Crippen LogP contribution in [0.15, 0.2) is 200 Å². The van der Waals surface area contributed by atoms with Gasteiger partial charge in [-0.3, -0.25) is 0 Å². The van der Waals surface area contributed by atoms with Gasteiger partial charge < -0.3 is 14.7 Å². The third-order valence-electron chi connectivity index (χ3n) is 17.9. The van der Waals surface area contributed by atoms with E-state index in [9.17, 15) is 0 Å². The Labute approximate surface area is 446 Å². The average molecular weight is 974 g/mol. The fourth-order valence-corrected chi connectivity index (χ4v) is 13.8. The van der Waals surface area contributed by atoms with Crippen molar-refractivity contribution in [3.63, 3.8) is 0 Å². The van der Waals surface area contributed by atoms with Crippen LogP contribution >= 0.6 is 0 Å². The van der Waals surface area contributed by atoms with Crippen LogP contribution in [0.5, 0.6) is 0 Å². The smallest absolute Gasteiger partial charge is 0.252 e.